The van der Waals surface area contributed by atoms with Crippen molar-refractivity contribution in [2.45, 2.75) is 17.4 Å². The van der Waals surface area contributed by atoms with Crippen LogP contribution in [0.3, 0.4) is 0 Å². The van der Waals surface area contributed by atoms with Crippen LogP contribution in [-0.2, 0) is 4.79 Å². The molecule has 1 saturated heterocycles. The van der Waals surface area contributed by atoms with Gasteiger partial charge in [-0.3, -0.25) is 4.79 Å². The lowest BCUT2D eigenvalue weighted by atomic mass is 10.1. The molecule has 1 fully saturated rings. The minimum atomic E-state index is -0.351. The monoisotopic (exact) mass is 278 g/mol. The second-order valence-electron chi connectivity index (χ2n) is 5.04. The Morgan fingerprint density at radius 1 is 1.47 bits per heavy atom. The van der Waals surface area contributed by atoms with Gasteiger partial charge in [0.2, 0.25) is 0 Å². The van der Waals surface area contributed by atoms with E-state index in [1.165, 1.54) is 0 Å². The molecule has 19 heavy (non-hydrogen) atoms. The Bertz CT molecular complexity index is 480. The summed E-state index contributed by atoms with van der Waals surface area (Å²) in [4.78, 5) is 15.4. The first-order chi connectivity index (χ1) is 9.28. The molecule has 2 aliphatic heterocycles. The van der Waals surface area contributed by atoms with E-state index in [0.717, 1.165) is 30.2 Å². The molecule has 0 saturated carbocycles. The number of rotatable bonds is 2. The van der Waals surface area contributed by atoms with E-state index in [-0.39, 0.29) is 12.0 Å². The zero-order chi connectivity index (χ0) is 13.2. The van der Waals surface area contributed by atoms with Gasteiger partial charge in [-0.25, -0.2) is 0 Å². The third-order valence-corrected chi connectivity index (χ3v) is 4.83. The van der Waals surface area contributed by atoms with Crippen LogP contribution in [-0.4, -0.2) is 42.3 Å². The maximum absolute atomic E-state index is 12.4. The summed E-state index contributed by atoms with van der Waals surface area (Å²) in [5.41, 5.74) is 5.66. The van der Waals surface area contributed by atoms with Gasteiger partial charge in [0, 0.05) is 23.7 Å². The van der Waals surface area contributed by atoms with Crippen LogP contribution in [0.25, 0.3) is 0 Å². The number of hydrogen-bond acceptors (Lipinski definition) is 4. The SMILES string of the molecule is NC[C@H]1CCN(C(=O)[C@@H]2CSc3ccccc3O2)C1. The summed E-state index contributed by atoms with van der Waals surface area (Å²) in [5, 5.41) is 0. The number of carbonyl (C=O) groups excluding carboxylic acids is 1. The Hall–Kier alpha value is -1.20. The average Bonchev–Trinajstić information content (AvgIpc) is 2.95. The number of carbonyl (C=O) groups is 1. The first-order valence-corrected chi connectivity index (χ1v) is 7.64. The lowest BCUT2D eigenvalue weighted by Gasteiger charge is -2.28. The molecular weight excluding hydrogens is 260 g/mol. The van der Waals surface area contributed by atoms with Gasteiger partial charge in [0.15, 0.2) is 6.10 Å². The molecule has 4 nitrogen and oxygen atoms in total. The van der Waals surface area contributed by atoms with Crippen molar-refractivity contribution in [2.75, 3.05) is 25.4 Å². The summed E-state index contributed by atoms with van der Waals surface area (Å²) in [6.45, 7) is 2.25. The van der Waals surface area contributed by atoms with Gasteiger partial charge < -0.3 is 15.4 Å². The standard InChI is InChI=1S/C14H18N2O2S/c15-7-10-5-6-16(8-10)14(17)12-9-19-13-4-2-1-3-11(13)18-12/h1-4,10,12H,5-9,15H2/t10-,12+/m1/s1. The van der Waals surface area contributed by atoms with E-state index in [0.29, 0.717) is 18.2 Å². The molecule has 1 amide bonds. The van der Waals surface area contributed by atoms with Crippen molar-refractivity contribution in [3.63, 3.8) is 0 Å². The topological polar surface area (TPSA) is 55.6 Å². The van der Waals surface area contributed by atoms with E-state index < -0.39 is 0 Å². The van der Waals surface area contributed by atoms with Crippen LogP contribution in [0.4, 0.5) is 0 Å². The van der Waals surface area contributed by atoms with Gasteiger partial charge in [0.25, 0.3) is 5.91 Å². The molecule has 0 radical (unpaired) electrons. The van der Waals surface area contributed by atoms with Crippen molar-refractivity contribution in [3.05, 3.63) is 24.3 Å². The summed E-state index contributed by atoms with van der Waals surface area (Å²) >= 11 is 1.69. The van der Waals surface area contributed by atoms with Crippen LogP contribution in [0, 0.1) is 5.92 Å². The molecule has 2 N–H and O–H groups in total. The van der Waals surface area contributed by atoms with Crippen molar-refractivity contribution >= 4 is 17.7 Å². The highest BCUT2D eigenvalue weighted by Gasteiger charge is 2.33. The third kappa shape index (κ3) is 2.58. The van der Waals surface area contributed by atoms with Gasteiger partial charge >= 0.3 is 0 Å². The number of para-hydroxylation sites is 1. The minimum absolute atomic E-state index is 0.109. The number of amides is 1. The largest absolute Gasteiger partial charge is 0.479 e. The van der Waals surface area contributed by atoms with E-state index in [2.05, 4.69) is 0 Å². The quantitative estimate of drug-likeness (QED) is 0.887. The molecule has 102 valence electrons. The summed E-state index contributed by atoms with van der Waals surface area (Å²) < 4.78 is 5.83. The van der Waals surface area contributed by atoms with Crippen LogP contribution in [0.2, 0.25) is 0 Å². The molecule has 0 aromatic heterocycles. The maximum atomic E-state index is 12.4. The summed E-state index contributed by atoms with van der Waals surface area (Å²) in [7, 11) is 0. The molecule has 1 aromatic rings. The van der Waals surface area contributed by atoms with Crippen molar-refractivity contribution in [3.8, 4) is 5.75 Å². The summed E-state index contributed by atoms with van der Waals surface area (Å²) in [6.07, 6.45) is 0.662. The summed E-state index contributed by atoms with van der Waals surface area (Å²) in [5.74, 6) is 2.08. The second kappa shape index (κ2) is 5.43. The maximum Gasteiger partial charge on any atom is 0.264 e. The Morgan fingerprint density at radius 3 is 3.11 bits per heavy atom. The Balaban J connectivity index is 1.66. The number of likely N-dealkylation sites (tertiary alicyclic amines) is 1. The van der Waals surface area contributed by atoms with Gasteiger partial charge in [-0.2, -0.15) is 0 Å². The fourth-order valence-corrected chi connectivity index (χ4v) is 3.54. The third-order valence-electron chi connectivity index (χ3n) is 3.71. The lowest BCUT2D eigenvalue weighted by molar-refractivity contribution is -0.136. The number of nitrogens with two attached hydrogens (primary N) is 1. The van der Waals surface area contributed by atoms with Crippen molar-refractivity contribution in [1.29, 1.82) is 0 Å². The number of hydrogen-bond donors (Lipinski definition) is 1. The minimum Gasteiger partial charge on any atom is -0.479 e. The number of ether oxygens (including phenoxy) is 1. The molecule has 2 aliphatic rings. The smallest absolute Gasteiger partial charge is 0.264 e. The fourth-order valence-electron chi connectivity index (χ4n) is 2.57. The van der Waals surface area contributed by atoms with Crippen LogP contribution in [0.5, 0.6) is 5.75 Å². The van der Waals surface area contributed by atoms with Gasteiger partial charge in [-0.1, -0.05) is 12.1 Å². The molecule has 0 spiro atoms. The van der Waals surface area contributed by atoms with Crippen LogP contribution >= 0.6 is 11.8 Å². The van der Waals surface area contributed by atoms with Gasteiger partial charge in [0.05, 0.1) is 0 Å². The number of fused-ring (bicyclic) bond motifs is 1. The Labute approximate surface area is 117 Å². The van der Waals surface area contributed by atoms with E-state index in [1.807, 2.05) is 29.2 Å². The van der Waals surface area contributed by atoms with Gasteiger partial charge in [0.1, 0.15) is 5.75 Å². The summed E-state index contributed by atoms with van der Waals surface area (Å²) in [6, 6.07) is 7.88. The van der Waals surface area contributed by atoms with E-state index in [9.17, 15) is 4.79 Å². The highest BCUT2D eigenvalue weighted by molar-refractivity contribution is 7.99. The van der Waals surface area contributed by atoms with Gasteiger partial charge in [-0.15, -0.1) is 11.8 Å². The van der Waals surface area contributed by atoms with Crippen molar-refractivity contribution in [1.82, 2.24) is 4.90 Å². The average molecular weight is 278 g/mol. The zero-order valence-electron chi connectivity index (χ0n) is 10.7. The number of nitrogens with zero attached hydrogens (tertiary/aromatic N) is 1. The van der Waals surface area contributed by atoms with Crippen LogP contribution in [0.1, 0.15) is 6.42 Å². The molecule has 5 heteroatoms. The van der Waals surface area contributed by atoms with Gasteiger partial charge in [-0.05, 0) is 31.0 Å². The molecule has 0 unspecified atom stereocenters. The molecule has 3 rings (SSSR count). The molecule has 0 aliphatic carbocycles. The highest BCUT2D eigenvalue weighted by Crippen LogP contribution is 2.35. The second-order valence-corrected chi connectivity index (χ2v) is 6.10. The molecule has 1 aromatic carbocycles. The number of thioether (sulfide) groups is 1. The Morgan fingerprint density at radius 2 is 2.32 bits per heavy atom. The van der Waals surface area contributed by atoms with E-state index >= 15 is 0 Å². The van der Waals surface area contributed by atoms with Crippen LogP contribution < -0.4 is 10.5 Å². The lowest BCUT2D eigenvalue weighted by Crippen LogP contribution is -2.43. The molecule has 2 heterocycles. The van der Waals surface area contributed by atoms with E-state index in [1.54, 1.807) is 11.8 Å². The predicted octanol–water partition coefficient (Wildman–Crippen LogP) is 1.35. The molecular formula is C14H18N2O2S. The first-order valence-electron chi connectivity index (χ1n) is 6.65. The highest BCUT2D eigenvalue weighted by atomic mass is 32.2. The zero-order valence-corrected chi connectivity index (χ0v) is 11.6. The van der Waals surface area contributed by atoms with Crippen molar-refractivity contribution in [2.24, 2.45) is 11.7 Å². The fraction of sp³-hybridized carbons (Fsp3) is 0.500. The normalized spacial score (nSPS) is 25.8. The molecule has 2 atom stereocenters. The van der Waals surface area contributed by atoms with E-state index in [4.69, 9.17) is 10.5 Å². The number of benzene rings is 1. The van der Waals surface area contributed by atoms with Crippen molar-refractivity contribution < 1.29 is 9.53 Å². The first kappa shape index (κ1) is 12.8. The predicted molar refractivity (Wildman–Crippen MR) is 75.3 cm³/mol. The van der Waals surface area contributed by atoms with Crippen LogP contribution in [0.15, 0.2) is 29.2 Å². The molecule has 0 bridgehead atoms. The Kier molecular flexibility index (Phi) is 3.66.